The smallest absolute Gasteiger partial charge is 0.262 e. The predicted octanol–water partition coefficient (Wildman–Crippen LogP) is 2.44. The van der Waals surface area contributed by atoms with Crippen molar-refractivity contribution in [2.45, 2.75) is 19.0 Å². The summed E-state index contributed by atoms with van der Waals surface area (Å²) in [6, 6.07) is 14.0. The fourth-order valence-corrected chi connectivity index (χ4v) is 2.79. The summed E-state index contributed by atoms with van der Waals surface area (Å²) in [5.74, 6) is 6.62. The fraction of sp³-hybridized carbons (Fsp3) is 0.238. The molecule has 2 aromatic carbocycles. The average Bonchev–Trinajstić information content (AvgIpc) is 2.96. The maximum Gasteiger partial charge on any atom is 0.262 e. The Bertz CT molecular complexity index is 861. The Morgan fingerprint density at radius 3 is 2.15 bits per heavy atom. The van der Waals surface area contributed by atoms with Crippen LogP contribution in [0.1, 0.15) is 33.6 Å². The molecule has 6 heteroatoms. The van der Waals surface area contributed by atoms with E-state index in [-0.39, 0.29) is 18.4 Å². The van der Waals surface area contributed by atoms with Gasteiger partial charge in [0.05, 0.1) is 24.4 Å². The number of methoxy groups -OCH3 is 1. The number of imide groups is 1. The molecule has 0 aromatic heterocycles. The molecule has 2 N–H and O–H groups in total. The standard InChI is InChI=1S/C21H20N2O4/c1-26-15-10-12-16(13-11-15)27-14-6-2-3-9-19(22)23-20(24)17-7-4-5-8-18(17)21(23)25/h4-5,7-8,10-13,19H,3,9,14,22H2,1H3. The molecule has 2 aromatic rings. The number of rotatable bonds is 6. The molecule has 0 aliphatic carbocycles. The van der Waals surface area contributed by atoms with Crippen LogP contribution in [0.15, 0.2) is 48.5 Å². The number of hydrogen-bond acceptors (Lipinski definition) is 5. The number of carbonyl (C=O) groups excluding carboxylic acids is 2. The molecular formula is C21H20N2O4. The molecule has 27 heavy (non-hydrogen) atoms. The van der Waals surface area contributed by atoms with E-state index in [0.717, 1.165) is 10.6 Å². The number of nitrogens with two attached hydrogens (primary N) is 1. The highest BCUT2D eigenvalue weighted by Gasteiger charge is 2.38. The Labute approximate surface area is 157 Å². The summed E-state index contributed by atoms with van der Waals surface area (Å²) >= 11 is 0. The lowest BCUT2D eigenvalue weighted by atomic mass is 10.1. The maximum atomic E-state index is 12.3. The van der Waals surface area contributed by atoms with Crippen molar-refractivity contribution in [1.29, 1.82) is 0 Å². The molecule has 1 unspecified atom stereocenters. The first-order valence-electron chi connectivity index (χ1n) is 8.57. The Morgan fingerprint density at radius 1 is 0.963 bits per heavy atom. The van der Waals surface area contributed by atoms with E-state index in [2.05, 4.69) is 11.8 Å². The first kappa shape index (κ1) is 18.5. The first-order valence-corrected chi connectivity index (χ1v) is 8.57. The quantitative estimate of drug-likeness (QED) is 0.629. The average molecular weight is 364 g/mol. The van der Waals surface area contributed by atoms with Gasteiger partial charge in [-0.2, -0.15) is 0 Å². The third-order valence-corrected chi connectivity index (χ3v) is 4.22. The monoisotopic (exact) mass is 364 g/mol. The third-order valence-electron chi connectivity index (χ3n) is 4.22. The number of amides is 2. The molecule has 0 fully saturated rings. The normalized spacial score (nSPS) is 13.6. The molecule has 1 aliphatic heterocycles. The summed E-state index contributed by atoms with van der Waals surface area (Å²) in [5, 5.41) is 0. The fourth-order valence-electron chi connectivity index (χ4n) is 2.79. The molecule has 0 bridgehead atoms. The first-order chi connectivity index (χ1) is 13.1. The number of nitrogens with zero attached hydrogens (tertiary/aromatic N) is 1. The zero-order valence-corrected chi connectivity index (χ0v) is 15.0. The van der Waals surface area contributed by atoms with Crippen molar-refractivity contribution in [2.75, 3.05) is 13.7 Å². The van der Waals surface area contributed by atoms with Crippen LogP contribution in [0.25, 0.3) is 0 Å². The van der Waals surface area contributed by atoms with Crippen LogP contribution >= 0.6 is 0 Å². The van der Waals surface area contributed by atoms with Crippen LogP contribution in [0, 0.1) is 11.8 Å². The van der Waals surface area contributed by atoms with Crippen LogP contribution in [0.5, 0.6) is 11.5 Å². The van der Waals surface area contributed by atoms with E-state index in [1.54, 1.807) is 43.5 Å². The zero-order valence-electron chi connectivity index (χ0n) is 15.0. The molecule has 3 rings (SSSR count). The molecule has 138 valence electrons. The van der Waals surface area contributed by atoms with Gasteiger partial charge in [-0.3, -0.25) is 14.5 Å². The van der Waals surface area contributed by atoms with Crippen LogP contribution < -0.4 is 15.2 Å². The molecule has 0 saturated carbocycles. The van der Waals surface area contributed by atoms with Crippen molar-refractivity contribution in [3.05, 3.63) is 59.7 Å². The highest BCUT2D eigenvalue weighted by molar-refractivity contribution is 6.21. The number of hydrogen-bond donors (Lipinski definition) is 1. The molecule has 6 nitrogen and oxygen atoms in total. The molecule has 0 radical (unpaired) electrons. The van der Waals surface area contributed by atoms with Crippen molar-refractivity contribution in [3.63, 3.8) is 0 Å². The Morgan fingerprint density at radius 2 is 1.56 bits per heavy atom. The van der Waals surface area contributed by atoms with E-state index < -0.39 is 6.17 Å². The molecule has 1 aliphatic rings. The van der Waals surface area contributed by atoms with Crippen LogP contribution in [0.4, 0.5) is 0 Å². The highest BCUT2D eigenvalue weighted by Crippen LogP contribution is 2.24. The van der Waals surface area contributed by atoms with Crippen LogP contribution in [0.2, 0.25) is 0 Å². The molecule has 0 spiro atoms. The minimum Gasteiger partial charge on any atom is -0.497 e. The van der Waals surface area contributed by atoms with E-state index in [1.165, 1.54) is 0 Å². The summed E-state index contributed by atoms with van der Waals surface area (Å²) in [6.45, 7) is 0.245. The van der Waals surface area contributed by atoms with E-state index in [4.69, 9.17) is 15.2 Å². The zero-order chi connectivity index (χ0) is 19.2. The van der Waals surface area contributed by atoms with Gasteiger partial charge in [-0.1, -0.05) is 24.0 Å². The molecule has 1 heterocycles. The summed E-state index contributed by atoms with van der Waals surface area (Å²) in [5.41, 5.74) is 6.85. The van der Waals surface area contributed by atoms with Crippen molar-refractivity contribution in [2.24, 2.45) is 5.73 Å². The van der Waals surface area contributed by atoms with Gasteiger partial charge in [-0.05, 0) is 42.8 Å². The molecule has 2 amide bonds. The van der Waals surface area contributed by atoms with E-state index >= 15 is 0 Å². The largest absolute Gasteiger partial charge is 0.497 e. The predicted molar refractivity (Wildman–Crippen MR) is 100 cm³/mol. The molecule has 0 saturated heterocycles. The second-order valence-electron chi connectivity index (χ2n) is 5.95. The maximum absolute atomic E-state index is 12.3. The lowest BCUT2D eigenvalue weighted by Gasteiger charge is -2.21. The molecule has 1 atom stereocenters. The van der Waals surface area contributed by atoms with Gasteiger partial charge in [0, 0.05) is 6.42 Å². The van der Waals surface area contributed by atoms with Gasteiger partial charge in [-0.15, -0.1) is 0 Å². The minimum atomic E-state index is -0.700. The van der Waals surface area contributed by atoms with E-state index in [9.17, 15) is 9.59 Å². The van der Waals surface area contributed by atoms with Crippen molar-refractivity contribution >= 4 is 11.8 Å². The van der Waals surface area contributed by atoms with Gasteiger partial charge >= 0.3 is 0 Å². The second-order valence-corrected chi connectivity index (χ2v) is 5.95. The van der Waals surface area contributed by atoms with Gasteiger partial charge < -0.3 is 15.2 Å². The Kier molecular flexibility index (Phi) is 5.74. The summed E-state index contributed by atoms with van der Waals surface area (Å²) < 4.78 is 10.6. The molecular weight excluding hydrogens is 344 g/mol. The Hall–Kier alpha value is -3.30. The summed E-state index contributed by atoms with van der Waals surface area (Å²) in [6.07, 6.45) is 0.163. The van der Waals surface area contributed by atoms with E-state index in [0.29, 0.717) is 29.7 Å². The summed E-state index contributed by atoms with van der Waals surface area (Å²) in [4.78, 5) is 25.8. The van der Waals surface area contributed by atoms with Gasteiger partial charge in [0.1, 0.15) is 18.1 Å². The van der Waals surface area contributed by atoms with Crippen molar-refractivity contribution in [3.8, 4) is 23.3 Å². The summed E-state index contributed by atoms with van der Waals surface area (Å²) in [7, 11) is 1.61. The number of benzene rings is 2. The van der Waals surface area contributed by atoms with Gasteiger partial charge in [0.25, 0.3) is 11.8 Å². The number of ether oxygens (including phenoxy) is 2. The number of carbonyl (C=O) groups is 2. The van der Waals surface area contributed by atoms with Gasteiger partial charge in [0.2, 0.25) is 0 Å². The van der Waals surface area contributed by atoms with Crippen LogP contribution in [0.3, 0.4) is 0 Å². The third kappa shape index (κ3) is 4.10. The lowest BCUT2D eigenvalue weighted by molar-refractivity contribution is 0.0582. The number of fused-ring (bicyclic) bond motifs is 1. The van der Waals surface area contributed by atoms with E-state index in [1.807, 2.05) is 12.1 Å². The lowest BCUT2D eigenvalue weighted by Crippen LogP contribution is -2.45. The van der Waals surface area contributed by atoms with Gasteiger partial charge in [-0.25, -0.2) is 0 Å². The highest BCUT2D eigenvalue weighted by atomic mass is 16.5. The topological polar surface area (TPSA) is 81.9 Å². The second kappa shape index (κ2) is 8.39. The van der Waals surface area contributed by atoms with Crippen LogP contribution in [-0.4, -0.2) is 36.6 Å². The SMILES string of the molecule is COc1ccc(OCC#CCCC(N)N2C(=O)c3ccccc3C2=O)cc1. The van der Waals surface area contributed by atoms with Gasteiger partial charge in [0.15, 0.2) is 0 Å². The minimum absolute atomic E-state index is 0.245. The van der Waals surface area contributed by atoms with Crippen molar-refractivity contribution in [1.82, 2.24) is 4.90 Å². The van der Waals surface area contributed by atoms with Crippen molar-refractivity contribution < 1.29 is 19.1 Å². The Balaban J connectivity index is 1.46. The van der Waals surface area contributed by atoms with Crippen LogP contribution in [-0.2, 0) is 0 Å².